The Bertz CT molecular complexity index is 206. The van der Waals surface area contributed by atoms with Gasteiger partial charge >= 0.3 is 0 Å². The molecule has 10 heavy (non-hydrogen) atoms. The molecule has 0 atom stereocenters. The molecule has 0 aromatic rings. The highest BCUT2D eigenvalue weighted by Gasteiger charge is 1.85. The Morgan fingerprint density at radius 3 is 2.30 bits per heavy atom. The summed E-state index contributed by atoms with van der Waals surface area (Å²) in [5, 5.41) is 0. The Balaban J connectivity index is 4.44. The van der Waals surface area contributed by atoms with E-state index in [1.807, 2.05) is 26.8 Å². The molecule has 0 saturated carbocycles. The summed E-state index contributed by atoms with van der Waals surface area (Å²) in [5.41, 5.74) is 2.40. The van der Waals surface area contributed by atoms with Gasteiger partial charge in [-0.05, 0) is 33.3 Å². The van der Waals surface area contributed by atoms with Crippen molar-refractivity contribution in [3.05, 3.63) is 23.3 Å². The maximum Gasteiger partial charge on any atom is 0.00182 e. The van der Waals surface area contributed by atoms with E-state index in [9.17, 15) is 0 Å². The Morgan fingerprint density at radius 1 is 1.30 bits per heavy atom. The van der Waals surface area contributed by atoms with Crippen molar-refractivity contribution in [3.63, 3.8) is 0 Å². The van der Waals surface area contributed by atoms with E-state index < -0.39 is 0 Å². The highest BCUT2D eigenvalue weighted by molar-refractivity contribution is 5.35. The summed E-state index contributed by atoms with van der Waals surface area (Å²) >= 11 is 0. The predicted octanol–water partition coefficient (Wildman–Crippen LogP) is 2.92. The smallest absolute Gasteiger partial charge is 0.00182 e. The molecule has 0 amide bonds. The van der Waals surface area contributed by atoms with E-state index in [2.05, 4.69) is 24.8 Å². The molecule has 0 fully saturated rings. The molecule has 0 aliphatic carbocycles. The monoisotopic (exact) mass is 134 g/mol. The van der Waals surface area contributed by atoms with E-state index >= 15 is 0 Å². The van der Waals surface area contributed by atoms with Crippen molar-refractivity contribution < 1.29 is 0 Å². The zero-order valence-electron chi connectivity index (χ0n) is 7.15. The van der Waals surface area contributed by atoms with Gasteiger partial charge < -0.3 is 0 Å². The van der Waals surface area contributed by atoms with Crippen LogP contribution in [0.1, 0.15) is 27.7 Å². The molecular formula is C10H14. The molecule has 0 nitrogen and oxygen atoms in total. The van der Waals surface area contributed by atoms with Crippen LogP contribution in [0.25, 0.3) is 0 Å². The maximum atomic E-state index is 3.01. The van der Waals surface area contributed by atoms with Crippen molar-refractivity contribution in [1.82, 2.24) is 0 Å². The summed E-state index contributed by atoms with van der Waals surface area (Å²) in [5.74, 6) is 5.87. The van der Waals surface area contributed by atoms with Crippen molar-refractivity contribution in [3.8, 4) is 11.8 Å². The molecule has 0 aliphatic heterocycles. The van der Waals surface area contributed by atoms with Crippen molar-refractivity contribution in [1.29, 1.82) is 0 Å². The lowest BCUT2D eigenvalue weighted by atomic mass is 10.1. The molecule has 54 valence electrons. The lowest BCUT2D eigenvalue weighted by molar-refractivity contribution is 1.39. The fourth-order valence-electron chi connectivity index (χ4n) is 0.661. The molecule has 0 bridgehead atoms. The number of allylic oxidation sites excluding steroid dienone is 4. The van der Waals surface area contributed by atoms with E-state index in [1.54, 1.807) is 0 Å². The summed E-state index contributed by atoms with van der Waals surface area (Å²) in [6.45, 7) is 7.97. The second-order valence-corrected chi connectivity index (χ2v) is 2.18. The Labute approximate surface area is 63.6 Å². The molecule has 0 rings (SSSR count). The standard InChI is InChI=1S/C10H14/c1-5-7-9(3)10(4)8-6-2/h5,7H,1-4H3/b7-5-,10-9+. The summed E-state index contributed by atoms with van der Waals surface area (Å²) in [6, 6.07) is 0. The number of rotatable bonds is 1. The number of hydrogen-bond donors (Lipinski definition) is 0. The topological polar surface area (TPSA) is 0 Å². The molecule has 0 spiro atoms. The van der Waals surface area contributed by atoms with Gasteiger partial charge in [0.25, 0.3) is 0 Å². The molecular weight excluding hydrogens is 120 g/mol. The molecule has 0 saturated heterocycles. The Morgan fingerprint density at radius 2 is 1.90 bits per heavy atom. The van der Waals surface area contributed by atoms with Gasteiger partial charge in [0.15, 0.2) is 0 Å². The van der Waals surface area contributed by atoms with Crippen LogP contribution in [0.4, 0.5) is 0 Å². The summed E-state index contributed by atoms with van der Waals surface area (Å²) < 4.78 is 0. The molecule has 0 aromatic heterocycles. The number of hydrogen-bond acceptors (Lipinski definition) is 0. The van der Waals surface area contributed by atoms with Crippen LogP contribution in [0.15, 0.2) is 23.3 Å². The first-order chi connectivity index (χ1) is 4.72. The summed E-state index contributed by atoms with van der Waals surface area (Å²) in [6.07, 6.45) is 4.09. The van der Waals surface area contributed by atoms with Crippen LogP contribution in [-0.4, -0.2) is 0 Å². The van der Waals surface area contributed by atoms with Gasteiger partial charge in [-0.25, -0.2) is 0 Å². The molecule has 0 heteroatoms. The SMILES string of the molecule is CC#C/C(C)=C(C)/C=C\C. The fraction of sp³-hybridized carbons (Fsp3) is 0.400. The highest BCUT2D eigenvalue weighted by atomic mass is 13.9. The highest BCUT2D eigenvalue weighted by Crippen LogP contribution is 2.02. The fourth-order valence-corrected chi connectivity index (χ4v) is 0.661. The van der Waals surface area contributed by atoms with Crippen molar-refractivity contribution in [2.45, 2.75) is 27.7 Å². The maximum absolute atomic E-state index is 3.01. The van der Waals surface area contributed by atoms with E-state index in [0.717, 1.165) is 5.57 Å². The minimum absolute atomic E-state index is 1.15. The van der Waals surface area contributed by atoms with Crippen LogP contribution >= 0.6 is 0 Å². The third-order valence-electron chi connectivity index (χ3n) is 1.32. The van der Waals surface area contributed by atoms with Crippen LogP contribution in [0.3, 0.4) is 0 Å². The van der Waals surface area contributed by atoms with Gasteiger partial charge in [-0.2, -0.15) is 0 Å². The summed E-state index contributed by atoms with van der Waals surface area (Å²) in [4.78, 5) is 0. The Hall–Kier alpha value is -0.960. The van der Waals surface area contributed by atoms with Gasteiger partial charge in [0.1, 0.15) is 0 Å². The molecule has 0 aromatic carbocycles. The average molecular weight is 134 g/mol. The van der Waals surface area contributed by atoms with E-state index in [-0.39, 0.29) is 0 Å². The second-order valence-electron chi connectivity index (χ2n) is 2.18. The van der Waals surface area contributed by atoms with Crippen LogP contribution in [0.2, 0.25) is 0 Å². The molecule has 0 radical (unpaired) electrons. The van der Waals surface area contributed by atoms with Gasteiger partial charge in [0.05, 0.1) is 0 Å². The normalized spacial score (nSPS) is 12.4. The zero-order valence-corrected chi connectivity index (χ0v) is 7.15. The Kier molecular flexibility index (Phi) is 4.41. The van der Waals surface area contributed by atoms with Gasteiger partial charge in [-0.15, -0.1) is 5.92 Å². The first kappa shape index (κ1) is 9.04. The van der Waals surface area contributed by atoms with E-state index in [1.165, 1.54) is 5.57 Å². The van der Waals surface area contributed by atoms with Crippen LogP contribution in [0.5, 0.6) is 0 Å². The third-order valence-corrected chi connectivity index (χ3v) is 1.32. The zero-order chi connectivity index (χ0) is 7.98. The third kappa shape index (κ3) is 3.14. The lowest BCUT2D eigenvalue weighted by Gasteiger charge is -1.91. The lowest BCUT2D eigenvalue weighted by Crippen LogP contribution is -1.74. The van der Waals surface area contributed by atoms with E-state index in [4.69, 9.17) is 0 Å². The first-order valence-corrected chi connectivity index (χ1v) is 3.45. The van der Waals surface area contributed by atoms with Gasteiger partial charge in [0.2, 0.25) is 0 Å². The van der Waals surface area contributed by atoms with Crippen molar-refractivity contribution in [2.24, 2.45) is 0 Å². The molecule has 0 heterocycles. The quantitative estimate of drug-likeness (QED) is 0.382. The van der Waals surface area contributed by atoms with Crippen LogP contribution in [-0.2, 0) is 0 Å². The van der Waals surface area contributed by atoms with Crippen LogP contribution in [0, 0.1) is 11.8 Å². The van der Waals surface area contributed by atoms with Gasteiger partial charge in [0, 0.05) is 5.57 Å². The summed E-state index contributed by atoms with van der Waals surface area (Å²) in [7, 11) is 0. The predicted molar refractivity (Wildman–Crippen MR) is 46.6 cm³/mol. The molecule has 0 N–H and O–H groups in total. The van der Waals surface area contributed by atoms with Crippen molar-refractivity contribution >= 4 is 0 Å². The largest absolute Gasteiger partial charge is 0.102 e. The minimum Gasteiger partial charge on any atom is -0.102 e. The van der Waals surface area contributed by atoms with E-state index in [0.29, 0.717) is 0 Å². The average Bonchev–Trinajstić information content (AvgIpc) is 1.89. The van der Waals surface area contributed by atoms with Gasteiger partial charge in [-0.3, -0.25) is 0 Å². The minimum atomic E-state index is 1.15. The molecule has 0 aliphatic rings. The second kappa shape index (κ2) is 4.88. The van der Waals surface area contributed by atoms with Gasteiger partial charge in [-0.1, -0.05) is 18.1 Å². The first-order valence-electron chi connectivity index (χ1n) is 3.45. The van der Waals surface area contributed by atoms with Crippen molar-refractivity contribution in [2.75, 3.05) is 0 Å². The van der Waals surface area contributed by atoms with Crippen LogP contribution < -0.4 is 0 Å². The molecule has 0 unspecified atom stereocenters.